The minimum atomic E-state index is -0.439. The van der Waals surface area contributed by atoms with Gasteiger partial charge in [-0.05, 0) is 26.1 Å². The highest BCUT2D eigenvalue weighted by atomic mass is 16.6. The molecule has 76 valence electrons. The van der Waals surface area contributed by atoms with Gasteiger partial charge < -0.3 is 4.74 Å². The van der Waals surface area contributed by atoms with Gasteiger partial charge in [0.05, 0.1) is 4.92 Å². The fraction of sp³-hybridized carbons (Fsp3) is 0.333. The van der Waals surface area contributed by atoms with Crippen molar-refractivity contribution in [2.24, 2.45) is 0 Å². The first kappa shape index (κ1) is 10.5. The molecule has 0 heterocycles. The highest BCUT2D eigenvalue weighted by Gasteiger charge is 2.05. The zero-order valence-electron chi connectivity index (χ0n) is 8.06. The highest BCUT2D eigenvalue weighted by molar-refractivity contribution is 5.35. The molecule has 1 aromatic rings. The maximum Gasteiger partial charge on any atom is 0.269 e. The van der Waals surface area contributed by atoms with Crippen molar-refractivity contribution in [2.75, 3.05) is 7.05 Å². The Kier molecular flexibility index (Phi) is 3.41. The van der Waals surface area contributed by atoms with Crippen molar-refractivity contribution in [3.8, 4) is 5.75 Å². The molecule has 0 amide bonds. The van der Waals surface area contributed by atoms with E-state index in [4.69, 9.17) is 4.74 Å². The van der Waals surface area contributed by atoms with Gasteiger partial charge in [0.15, 0.2) is 0 Å². The van der Waals surface area contributed by atoms with Crippen LogP contribution in [-0.4, -0.2) is 18.2 Å². The van der Waals surface area contributed by atoms with Crippen LogP contribution in [-0.2, 0) is 0 Å². The molecular formula is C9H12N2O3. The molecule has 5 nitrogen and oxygen atoms in total. The van der Waals surface area contributed by atoms with Crippen LogP contribution in [0.25, 0.3) is 0 Å². The minimum absolute atomic E-state index is 0.0643. The summed E-state index contributed by atoms with van der Waals surface area (Å²) < 4.78 is 5.36. The zero-order valence-corrected chi connectivity index (χ0v) is 8.06. The standard InChI is InChI=1S/C9H12N2O3/c1-7(10-2)14-9-5-3-8(4-6-9)11(12)13/h3-7,10H,1-2H3. The largest absolute Gasteiger partial charge is 0.476 e. The Morgan fingerprint density at radius 3 is 2.43 bits per heavy atom. The predicted octanol–water partition coefficient (Wildman–Crippen LogP) is 1.54. The second-order valence-corrected chi connectivity index (χ2v) is 2.80. The van der Waals surface area contributed by atoms with Gasteiger partial charge in [-0.1, -0.05) is 0 Å². The maximum absolute atomic E-state index is 10.3. The van der Waals surface area contributed by atoms with E-state index in [1.165, 1.54) is 12.1 Å². The van der Waals surface area contributed by atoms with Gasteiger partial charge in [-0.2, -0.15) is 0 Å². The van der Waals surface area contributed by atoms with E-state index < -0.39 is 4.92 Å². The monoisotopic (exact) mass is 196 g/mol. The third kappa shape index (κ3) is 2.70. The fourth-order valence-electron chi connectivity index (χ4n) is 0.909. The van der Waals surface area contributed by atoms with Crippen molar-refractivity contribution >= 4 is 5.69 Å². The molecule has 0 saturated carbocycles. The Labute approximate surface area is 81.8 Å². The molecular weight excluding hydrogens is 184 g/mol. The van der Waals surface area contributed by atoms with Crippen LogP contribution in [0.3, 0.4) is 0 Å². The molecule has 14 heavy (non-hydrogen) atoms. The third-order valence-corrected chi connectivity index (χ3v) is 1.77. The Bertz CT molecular complexity index is 310. The summed E-state index contributed by atoms with van der Waals surface area (Å²) in [5, 5.41) is 13.2. The first-order valence-corrected chi connectivity index (χ1v) is 4.22. The molecule has 0 spiro atoms. The van der Waals surface area contributed by atoms with Crippen LogP contribution in [0.5, 0.6) is 5.75 Å². The topological polar surface area (TPSA) is 64.4 Å². The first-order valence-electron chi connectivity index (χ1n) is 4.22. The van der Waals surface area contributed by atoms with Crippen LogP contribution >= 0.6 is 0 Å². The lowest BCUT2D eigenvalue weighted by atomic mass is 10.3. The van der Waals surface area contributed by atoms with Crippen molar-refractivity contribution in [1.29, 1.82) is 0 Å². The normalized spacial score (nSPS) is 12.1. The van der Waals surface area contributed by atoms with Crippen molar-refractivity contribution in [3.63, 3.8) is 0 Å². The number of rotatable bonds is 4. The molecule has 1 unspecified atom stereocenters. The van der Waals surface area contributed by atoms with E-state index in [1.54, 1.807) is 19.2 Å². The second kappa shape index (κ2) is 4.57. The number of hydrogen-bond donors (Lipinski definition) is 1. The van der Waals surface area contributed by atoms with Crippen LogP contribution in [0.4, 0.5) is 5.69 Å². The lowest BCUT2D eigenvalue weighted by Crippen LogP contribution is -2.27. The first-order chi connectivity index (χ1) is 6.63. The zero-order chi connectivity index (χ0) is 10.6. The molecule has 0 aliphatic carbocycles. The summed E-state index contributed by atoms with van der Waals surface area (Å²) in [4.78, 5) is 9.90. The van der Waals surface area contributed by atoms with E-state index in [9.17, 15) is 10.1 Å². The van der Waals surface area contributed by atoms with E-state index in [2.05, 4.69) is 5.32 Å². The molecule has 0 bridgehead atoms. The van der Waals surface area contributed by atoms with E-state index in [1.807, 2.05) is 6.92 Å². The average molecular weight is 196 g/mol. The van der Waals surface area contributed by atoms with Crippen LogP contribution in [0.1, 0.15) is 6.92 Å². The van der Waals surface area contributed by atoms with Crippen LogP contribution < -0.4 is 10.1 Å². The molecule has 0 radical (unpaired) electrons. The van der Waals surface area contributed by atoms with E-state index >= 15 is 0 Å². The van der Waals surface area contributed by atoms with Gasteiger partial charge in [0.2, 0.25) is 0 Å². The molecule has 1 aromatic carbocycles. The predicted molar refractivity (Wildman–Crippen MR) is 52.2 cm³/mol. The van der Waals surface area contributed by atoms with Crippen molar-refractivity contribution in [1.82, 2.24) is 5.32 Å². The van der Waals surface area contributed by atoms with Gasteiger partial charge in [-0.25, -0.2) is 0 Å². The molecule has 0 fully saturated rings. The fourth-order valence-corrected chi connectivity index (χ4v) is 0.909. The summed E-state index contributed by atoms with van der Waals surface area (Å²) in [6.45, 7) is 1.85. The highest BCUT2D eigenvalue weighted by Crippen LogP contribution is 2.17. The van der Waals surface area contributed by atoms with E-state index in [0.29, 0.717) is 5.75 Å². The van der Waals surface area contributed by atoms with Gasteiger partial charge in [0.25, 0.3) is 5.69 Å². The molecule has 1 N–H and O–H groups in total. The number of hydrogen-bond acceptors (Lipinski definition) is 4. The molecule has 0 aliphatic rings. The quantitative estimate of drug-likeness (QED) is 0.450. The molecule has 0 saturated heterocycles. The van der Waals surface area contributed by atoms with E-state index in [-0.39, 0.29) is 11.9 Å². The van der Waals surface area contributed by atoms with Crippen molar-refractivity contribution in [2.45, 2.75) is 13.2 Å². The number of ether oxygens (including phenoxy) is 1. The van der Waals surface area contributed by atoms with Gasteiger partial charge in [-0.3, -0.25) is 15.4 Å². The Morgan fingerprint density at radius 2 is 2.00 bits per heavy atom. The second-order valence-electron chi connectivity index (χ2n) is 2.80. The van der Waals surface area contributed by atoms with Gasteiger partial charge in [-0.15, -0.1) is 0 Å². The third-order valence-electron chi connectivity index (χ3n) is 1.77. The van der Waals surface area contributed by atoms with Crippen LogP contribution in [0.2, 0.25) is 0 Å². The summed E-state index contributed by atoms with van der Waals surface area (Å²) in [5.74, 6) is 0.609. The number of nitro groups is 1. The average Bonchev–Trinajstić information content (AvgIpc) is 2.18. The summed E-state index contributed by atoms with van der Waals surface area (Å²) in [5.41, 5.74) is 0.0643. The Balaban J connectivity index is 2.68. The molecule has 0 aromatic heterocycles. The summed E-state index contributed by atoms with van der Waals surface area (Å²) in [6.07, 6.45) is -0.114. The number of nitro benzene ring substituents is 1. The van der Waals surface area contributed by atoms with Gasteiger partial charge in [0, 0.05) is 12.1 Å². The molecule has 0 aliphatic heterocycles. The number of nitrogens with zero attached hydrogens (tertiary/aromatic N) is 1. The maximum atomic E-state index is 10.3. The summed E-state index contributed by atoms with van der Waals surface area (Å²) in [7, 11) is 1.77. The van der Waals surface area contributed by atoms with Gasteiger partial charge >= 0.3 is 0 Å². The lowest BCUT2D eigenvalue weighted by molar-refractivity contribution is -0.384. The lowest BCUT2D eigenvalue weighted by Gasteiger charge is -2.12. The summed E-state index contributed by atoms with van der Waals surface area (Å²) >= 11 is 0. The molecule has 5 heteroatoms. The van der Waals surface area contributed by atoms with Crippen molar-refractivity contribution in [3.05, 3.63) is 34.4 Å². The van der Waals surface area contributed by atoms with Crippen LogP contribution in [0, 0.1) is 10.1 Å². The molecule has 1 atom stereocenters. The SMILES string of the molecule is CNC(C)Oc1ccc([N+](=O)[O-])cc1. The Morgan fingerprint density at radius 1 is 1.43 bits per heavy atom. The van der Waals surface area contributed by atoms with E-state index in [0.717, 1.165) is 0 Å². The number of benzene rings is 1. The summed E-state index contributed by atoms with van der Waals surface area (Å²) in [6, 6.07) is 5.98. The number of nitrogens with one attached hydrogen (secondary N) is 1. The van der Waals surface area contributed by atoms with Gasteiger partial charge in [0.1, 0.15) is 12.0 Å². The Hall–Kier alpha value is -1.62. The number of non-ortho nitro benzene ring substituents is 1. The van der Waals surface area contributed by atoms with Crippen molar-refractivity contribution < 1.29 is 9.66 Å². The smallest absolute Gasteiger partial charge is 0.269 e. The minimum Gasteiger partial charge on any atom is -0.476 e. The molecule has 1 rings (SSSR count). The van der Waals surface area contributed by atoms with Crippen LogP contribution in [0.15, 0.2) is 24.3 Å².